The van der Waals surface area contributed by atoms with E-state index >= 15 is 0 Å². The van der Waals surface area contributed by atoms with Gasteiger partial charge in [-0.15, -0.1) is 24.0 Å². The van der Waals surface area contributed by atoms with E-state index in [4.69, 9.17) is 9.47 Å². The summed E-state index contributed by atoms with van der Waals surface area (Å²) in [6, 6.07) is 9.96. The molecule has 0 fully saturated rings. The van der Waals surface area contributed by atoms with Crippen LogP contribution in [0.25, 0.3) is 0 Å². The largest absolute Gasteiger partial charge is 0.492 e. The smallest absolute Gasteiger partial charge is 0.191 e. The van der Waals surface area contributed by atoms with Crippen molar-refractivity contribution in [2.24, 2.45) is 4.99 Å². The van der Waals surface area contributed by atoms with E-state index in [-0.39, 0.29) is 30.0 Å². The van der Waals surface area contributed by atoms with Crippen molar-refractivity contribution in [1.82, 2.24) is 10.6 Å². The second-order valence-electron chi connectivity index (χ2n) is 4.16. The van der Waals surface area contributed by atoms with Crippen LogP contribution in [-0.4, -0.2) is 45.9 Å². The van der Waals surface area contributed by atoms with Gasteiger partial charge in [-0.2, -0.15) is 0 Å². The van der Waals surface area contributed by atoms with Crippen molar-refractivity contribution < 1.29 is 9.47 Å². The summed E-state index contributed by atoms with van der Waals surface area (Å²) in [4.78, 5) is 4.14. The number of halogens is 1. The molecule has 5 nitrogen and oxygen atoms in total. The van der Waals surface area contributed by atoms with E-state index in [1.807, 2.05) is 37.3 Å². The first-order valence-corrected chi connectivity index (χ1v) is 6.40. The molecule has 0 aliphatic carbocycles. The average Bonchev–Trinajstić information content (AvgIpc) is 2.43. The molecule has 114 valence electrons. The fourth-order valence-corrected chi connectivity index (χ4v) is 1.57. The molecule has 1 atom stereocenters. The second kappa shape index (κ2) is 11.8. The first-order valence-electron chi connectivity index (χ1n) is 6.40. The summed E-state index contributed by atoms with van der Waals surface area (Å²) in [7, 11) is 3.43. The van der Waals surface area contributed by atoms with E-state index in [0.29, 0.717) is 19.8 Å². The van der Waals surface area contributed by atoms with E-state index < -0.39 is 0 Å². The van der Waals surface area contributed by atoms with E-state index in [2.05, 4.69) is 15.6 Å². The Balaban J connectivity index is 0.00000361. The number of hydrogen-bond donors (Lipinski definition) is 2. The molecule has 1 unspecified atom stereocenters. The van der Waals surface area contributed by atoms with Crippen LogP contribution in [0, 0.1) is 0 Å². The van der Waals surface area contributed by atoms with Crippen LogP contribution in [0.5, 0.6) is 5.75 Å². The van der Waals surface area contributed by atoms with E-state index in [9.17, 15) is 0 Å². The Morgan fingerprint density at radius 3 is 2.60 bits per heavy atom. The van der Waals surface area contributed by atoms with Gasteiger partial charge in [0.1, 0.15) is 12.4 Å². The minimum atomic E-state index is 0. The van der Waals surface area contributed by atoms with E-state index in [1.54, 1.807) is 14.2 Å². The topological polar surface area (TPSA) is 54.9 Å². The summed E-state index contributed by atoms with van der Waals surface area (Å²) < 4.78 is 10.6. The van der Waals surface area contributed by atoms with Crippen LogP contribution in [-0.2, 0) is 4.74 Å². The molecule has 1 aromatic rings. The van der Waals surface area contributed by atoms with Gasteiger partial charge >= 0.3 is 0 Å². The maximum absolute atomic E-state index is 5.58. The van der Waals surface area contributed by atoms with Crippen molar-refractivity contribution in [3.8, 4) is 5.75 Å². The van der Waals surface area contributed by atoms with Gasteiger partial charge in [0.2, 0.25) is 0 Å². The number of para-hydroxylation sites is 1. The highest BCUT2D eigenvalue weighted by Crippen LogP contribution is 2.07. The Morgan fingerprint density at radius 1 is 1.30 bits per heavy atom. The first-order chi connectivity index (χ1) is 9.26. The summed E-state index contributed by atoms with van der Waals surface area (Å²) in [5, 5.41) is 6.41. The summed E-state index contributed by atoms with van der Waals surface area (Å²) in [6.07, 6.45) is 0. The average molecular weight is 393 g/mol. The Kier molecular flexibility index (Phi) is 11.2. The quantitative estimate of drug-likeness (QED) is 0.322. The highest BCUT2D eigenvalue weighted by atomic mass is 127. The molecule has 0 spiro atoms. The highest BCUT2D eigenvalue weighted by Gasteiger charge is 2.03. The normalized spacial score (nSPS) is 12.2. The highest BCUT2D eigenvalue weighted by molar-refractivity contribution is 14.0. The number of nitrogens with one attached hydrogen (secondary N) is 2. The number of hydrogen-bond acceptors (Lipinski definition) is 3. The predicted octanol–water partition coefficient (Wildman–Crippen LogP) is 1.88. The van der Waals surface area contributed by atoms with Crippen LogP contribution >= 0.6 is 24.0 Å². The van der Waals surface area contributed by atoms with Crippen molar-refractivity contribution in [2.75, 3.05) is 33.9 Å². The molecule has 20 heavy (non-hydrogen) atoms. The Morgan fingerprint density at radius 2 is 2.00 bits per heavy atom. The summed E-state index contributed by atoms with van der Waals surface area (Å²) in [5.74, 6) is 1.63. The number of guanidine groups is 1. The SMILES string of the molecule is CN=C(NCCOc1ccccc1)NC(C)COC.I. The number of nitrogens with zero attached hydrogens (tertiary/aromatic N) is 1. The Bertz CT molecular complexity index is 374. The van der Waals surface area contributed by atoms with Gasteiger partial charge in [0.25, 0.3) is 0 Å². The van der Waals surface area contributed by atoms with Gasteiger partial charge in [-0.1, -0.05) is 18.2 Å². The van der Waals surface area contributed by atoms with Crippen LogP contribution in [0.2, 0.25) is 0 Å². The summed E-state index contributed by atoms with van der Waals surface area (Å²) >= 11 is 0. The molecule has 0 bridgehead atoms. The molecule has 2 N–H and O–H groups in total. The van der Waals surface area contributed by atoms with Crippen LogP contribution in [0.3, 0.4) is 0 Å². The molecule has 0 saturated heterocycles. The molecular formula is C14H24IN3O2. The molecule has 0 amide bonds. The second-order valence-corrected chi connectivity index (χ2v) is 4.16. The number of benzene rings is 1. The zero-order chi connectivity index (χ0) is 13.9. The molecule has 1 rings (SSSR count). The molecule has 0 aliphatic rings. The van der Waals surface area contributed by atoms with Crippen molar-refractivity contribution >= 4 is 29.9 Å². The predicted molar refractivity (Wildman–Crippen MR) is 93.2 cm³/mol. The molecule has 6 heteroatoms. The van der Waals surface area contributed by atoms with Crippen molar-refractivity contribution in [2.45, 2.75) is 13.0 Å². The lowest BCUT2D eigenvalue weighted by Gasteiger charge is -2.17. The van der Waals surface area contributed by atoms with Crippen LogP contribution in [0.4, 0.5) is 0 Å². The zero-order valence-corrected chi connectivity index (χ0v) is 14.6. The number of aliphatic imine (C=N–C) groups is 1. The fraction of sp³-hybridized carbons (Fsp3) is 0.500. The summed E-state index contributed by atoms with van der Waals surface area (Å²) in [6.45, 7) is 3.95. The first kappa shape index (κ1) is 19.0. The Hall–Kier alpha value is -1.02. The molecule has 0 aromatic heterocycles. The standard InChI is InChI=1S/C14H23N3O2.HI/c1-12(11-18-3)17-14(15-2)16-9-10-19-13-7-5-4-6-8-13;/h4-8,12H,9-11H2,1-3H3,(H2,15,16,17);1H. The van der Waals surface area contributed by atoms with Crippen molar-refractivity contribution in [1.29, 1.82) is 0 Å². The third-order valence-electron chi connectivity index (χ3n) is 2.43. The van der Waals surface area contributed by atoms with Gasteiger partial charge < -0.3 is 20.1 Å². The lowest BCUT2D eigenvalue weighted by atomic mass is 10.3. The number of ether oxygens (including phenoxy) is 2. The van der Waals surface area contributed by atoms with Crippen LogP contribution < -0.4 is 15.4 Å². The Labute approximate surface area is 138 Å². The summed E-state index contributed by atoms with van der Waals surface area (Å²) in [5.41, 5.74) is 0. The molecule has 0 aliphatic heterocycles. The maximum Gasteiger partial charge on any atom is 0.191 e. The van der Waals surface area contributed by atoms with Crippen LogP contribution in [0.1, 0.15) is 6.92 Å². The molecule has 1 aromatic carbocycles. The van der Waals surface area contributed by atoms with Gasteiger partial charge in [-0.05, 0) is 19.1 Å². The minimum Gasteiger partial charge on any atom is -0.492 e. The van der Waals surface area contributed by atoms with E-state index in [1.165, 1.54) is 0 Å². The number of methoxy groups -OCH3 is 1. The molecule has 0 heterocycles. The van der Waals surface area contributed by atoms with Gasteiger partial charge in [-0.25, -0.2) is 0 Å². The molecular weight excluding hydrogens is 369 g/mol. The van der Waals surface area contributed by atoms with Crippen LogP contribution in [0.15, 0.2) is 35.3 Å². The van der Waals surface area contributed by atoms with Gasteiger partial charge in [-0.3, -0.25) is 4.99 Å². The third kappa shape index (κ3) is 8.21. The monoisotopic (exact) mass is 393 g/mol. The third-order valence-corrected chi connectivity index (χ3v) is 2.43. The fourth-order valence-electron chi connectivity index (χ4n) is 1.57. The maximum atomic E-state index is 5.58. The van der Waals surface area contributed by atoms with Crippen molar-refractivity contribution in [3.63, 3.8) is 0 Å². The van der Waals surface area contributed by atoms with Gasteiger partial charge in [0.15, 0.2) is 5.96 Å². The lowest BCUT2D eigenvalue weighted by molar-refractivity contribution is 0.179. The van der Waals surface area contributed by atoms with Crippen molar-refractivity contribution in [3.05, 3.63) is 30.3 Å². The molecule has 0 radical (unpaired) electrons. The number of rotatable bonds is 7. The molecule has 0 saturated carbocycles. The minimum absolute atomic E-state index is 0. The van der Waals surface area contributed by atoms with Gasteiger partial charge in [0.05, 0.1) is 13.2 Å². The zero-order valence-electron chi connectivity index (χ0n) is 12.3. The van der Waals surface area contributed by atoms with Gasteiger partial charge in [0, 0.05) is 20.2 Å². The van der Waals surface area contributed by atoms with E-state index in [0.717, 1.165) is 11.7 Å². The lowest BCUT2D eigenvalue weighted by Crippen LogP contribution is -2.45.